The molecule has 0 aliphatic carbocycles. The molecule has 0 fully saturated rings. The monoisotopic (exact) mass is 231 g/mol. The summed E-state index contributed by atoms with van der Waals surface area (Å²) in [6, 6.07) is 8.81. The average Bonchev–Trinajstić information content (AvgIpc) is 2.75. The molecule has 0 bridgehead atoms. The number of primary amides is 2. The van der Waals surface area contributed by atoms with Gasteiger partial charge in [-0.25, -0.2) is 4.98 Å². The molecular formula is C11H9N3O3. The third-order valence-electron chi connectivity index (χ3n) is 2.11. The molecule has 0 saturated heterocycles. The molecule has 0 unspecified atom stereocenters. The number of hydrogen-bond donors (Lipinski definition) is 2. The maximum absolute atomic E-state index is 11.1. The van der Waals surface area contributed by atoms with E-state index in [-0.39, 0.29) is 17.3 Å². The normalized spacial score (nSPS) is 10.1. The molecule has 0 atom stereocenters. The van der Waals surface area contributed by atoms with Crippen LogP contribution in [0.4, 0.5) is 0 Å². The van der Waals surface area contributed by atoms with Crippen LogP contribution in [-0.4, -0.2) is 16.8 Å². The van der Waals surface area contributed by atoms with Gasteiger partial charge in [-0.15, -0.1) is 0 Å². The highest BCUT2D eigenvalue weighted by atomic mass is 16.4. The van der Waals surface area contributed by atoms with Crippen molar-refractivity contribution in [3.05, 3.63) is 41.8 Å². The Morgan fingerprint density at radius 1 is 1.06 bits per heavy atom. The standard InChI is InChI=1S/C11H9N3O3/c12-9(15)7-8(10(13)16)17-11(14-7)6-4-2-1-3-5-6/h1-5H,(H2,12,15)(H2,13,16). The number of amides is 2. The fraction of sp³-hybridized carbons (Fsp3) is 0. The van der Waals surface area contributed by atoms with Crippen molar-refractivity contribution in [3.63, 3.8) is 0 Å². The Balaban J connectivity index is 2.55. The zero-order chi connectivity index (χ0) is 12.4. The summed E-state index contributed by atoms with van der Waals surface area (Å²) in [6.07, 6.45) is 0. The molecule has 0 aliphatic rings. The van der Waals surface area contributed by atoms with Crippen LogP contribution in [0.1, 0.15) is 21.0 Å². The van der Waals surface area contributed by atoms with Gasteiger partial charge < -0.3 is 15.9 Å². The first-order chi connectivity index (χ1) is 8.09. The zero-order valence-electron chi connectivity index (χ0n) is 8.71. The number of aromatic nitrogens is 1. The summed E-state index contributed by atoms with van der Waals surface area (Å²) in [5, 5.41) is 0. The zero-order valence-corrected chi connectivity index (χ0v) is 8.71. The number of carbonyl (C=O) groups is 2. The molecule has 1 aromatic heterocycles. The van der Waals surface area contributed by atoms with E-state index in [9.17, 15) is 9.59 Å². The fourth-order valence-corrected chi connectivity index (χ4v) is 1.36. The Labute approximate surface area is 96.2 Å². The Morgan fingerprint density at radius 2 is 1.71 bits per heavy atom. The van der Waals surface area contributed by atoms with E-state index >= 15 is 0 Å². The highest BCUT2D eigenvalue weighted by Gasteiger charge is 2.22. The number of rotatable bonds is 3. The first kappa shape index (κ1) is 10.9. The lowest BCUT2D eigenvalue weighted by atomic mass is 10.2. The van der Waals surface area contributed by atoms with E-state index in [2.05, 4.69) is 4.98 Å². The van der Waals surface area contributed by atoms with Crippen molar-refractivity contribution in [2.75, 3.05) is 0 Å². The molecular weight excluding hydrogens is 222 g/mol. The molecule has 0 radical (unpaired) electrons. The Hall–Kier alpha value is -2.63. The highest BCUT2D eigenvalue weighted by molar-refractivity contribution is 6.03. The molecule has 0 aliphatic heterocycles. The van der Waals surface area contributed by atoms with Crippen molar-refractivity contribution < 1.29 is 14.0 Å². The second-order valence-corrected chi connectivity index (χ2v) is 3.29. The van der Waals surface area contributed by atoms with Gasteiger partial charge >= 0.3 is 0 Å². The third kappa shape index (κ3) is 2.00. The first-order valence-electron chi connectivity index (χ1n) is 4.75. The van der Waals surface area contributed by atoms with Crippen LogP contribution in [0, 0.1) is 0 Å². The van der Waals surface area contributed by atoms with Crippen molar-refractivity contribution in [1.29, 1.82) is 0 Å². The molecule has 86 valence electrons. The summed E-state index contributed by atoms with van der Waals surface area (Å²) < 4.78 is 5.14. The maximum atomic E-state index is 11.1. The minimum Gasteiger partial charge on any atom is -0.430 e. The van der Waals surface area contributed by atoms with Crippen LogP contribution in [0.3, 0.4) is 0 Å². The van der Waals surface area contributed by atoms with Gasteiger partial charge in [-0.2, -0.15) is 0 Å². The van der Waals surface area contributed by atoms with Crippen molar-refractivity contribution in [3.8, 4) is 11.5 Å². The lowest BCUT2D eigenvalue weighted by Crippen LogP contribution is -2.19. The van der Waals surface area contributed by atoms with E-state index in [1.165, 1.54) is 0 Å². The topological polar surface area (TPSA) is 112 Å². The molecule has 1 heterocycles. The predicted octanol–water partition coefficient (Wildman–Crippen LogP) is 0.539. The van der Waals surface area contributed by atoms with E-state index in [0.29, 0.717) is 5.56 Å². The van der Waals surface area contributed by atoms with E-state index < -0.39 is 11.8 Å². The molecule has 0 spiro atoms. The van der Waals surface area contributed by atoms with Gasteiger partial charge in [0.2, 0.25) is 11.7 Å². The highest BCUT2D eigenvalue weighted by Crippen LogP contribution is 2.21. The smallest absolute Gasteiger partial charge is 0.287 e. The summed E-state index contributed by atoms with van der Waals surface area (Å²) in [4.78, 5) is 26.0. The average molecular weight is 231 g/mol. The summed E-state index contributed by atoms with van der Waals surface area (Å²) in [5.41, 5.74) is 10.5. The van der Waals surface area contributed by atoms with E-state index in [0.717, 1.165) is 0 Å². The molecule has 1 aromatic carbocycles. The molecule has 0 saturated carbocycles. The van der Waals surface area contributed by atoms with Gasteiger partial charge in [0.05, 0.1) is 0 Å². The molecule has 2 rings (SSSR count). The van der Waals surface area contributed by atoms with Crippen molar-refractivity contribution in [1.82, 2.24) is 4.98 Å². The fourth-order valence-electron chi connectivity index (χ4n) is 1.36. The number of carbonyl (C=O) groups excluding carboxylic acids is 2. The molecule has 2 amide bonds. The lowest BCUT2D eigenvalue weighted by molar-refractivity contribution is 0.0946. The van der Waals surface area contributed by atoms with Crippen LogP contribution in [0.15, 0.2) is 34.7 Å². The van der Waals surface area contributed by atoms with Gasteiger partial charge in [-0.05, 0) is 12.1 Å². The van der Waals surface area contributed by atoms with Crippen LogP contribution in [0.2, 0.25) is 0 Å². The Kier molecular flexibility index (Phi) is 2.61. The molecule has 2 aromatic rings. The number of nitrogens with zero attached hydrogens (tertiary/aromatic N) is 1. The van der Waals surface area contributed by atoms with Gasteiger partial charge in [0.25, 0.3) is 11.8 Å². The third-order valence-corrected chi connectivity index (χ3v) is 2.11. The molecule has 6 nitrogen and oxygen atoms in total. The number of oxazole rings is 1. The quantitative estimate of drug-likeness (QED) is 0.802. The van der Waals surface area contributed by atoms with Crippen LogP contribution in [0.5, 0.6) is 0 Å². The van der Waals surface area contributed by atoms with Gasteiger partial charge in [-0.3, -0.25) is 9.59 Å². The van der Waals surface area contributed by atoms with E-state index in [1.54, 1.807) is 24.3 Å². The van der Waals surface area contributed by atoms with Gasteiger partial charge in [-0.1, -0.05) is 18.2 Å². The van der Waals surface area contributed by atoms with Crippen LogP contribution < -0.4 is 11.5 Å². The minimum atomic E-state index is -0.881. The number of hydrogen-bond acceptors (Lipinski definition) is 4. The van der Waals surface area contributed by atoms with Crippen LogP contribution in [-0.2, 0) is 0 Å². The maximum Gasteiger partial charge on any atom is 0.287 e. The van der Waals surface area contributed by atoms with Crippen molar-refractivity contribution in [2.24, 2.45) is 11.5 Å². The summed E-state index contributed by atoms with van der Waals surface area (Å²) in [6.45, 7) is 0. The minimum absolute atomic E-state index is 0.133. The van der Waals surface area contributed by atoms with Crippen LogP contribution >= 0.6 is 0 Å². The van der Waals surface area contributed by atoms with Gasteiger partial charge in [0.1, 0.15) is 0 Å². The van der Waals surface area contributed by atoms with Crippen molar-refractivity contribution >= 4 is 11.8 Å². The van der Waals surface area contributed by atoms with Gasteiger partial charge in [0, 0.05) is 5.56 Å². The summed E-state index contributed by atoms with van der Waals surface area (Å²) in [5.74, 6) is -1.93. The number of nitrogens with two attached hydrogens (primary N) is 2. The van der Waals surface area contributed by atoms with Gasteiger partial charge in [0.15, 0.2) is 5.69 Å². The SMILES string of the molecule is NC(=O)c1nc(-c2ccccc2)oc1C(N)=O. The molecule has 6 heteroatoms. The molecule has 17 heavy (non-hydrogen) atoms. The summed E-state index contributed by atoms with van der Waals surface area (Å²) in [7, 11) is 0. The van der Waals surface area contributed by atoms with Crippen LogP contribution in [0.25, 0.3) is 11.5 Å². The second-order valence-electron chi connectivity index (χ2n) is 3.29. The predicted molar refractivity (Wildman–Crippen MR) is 59.0 cm³/mol. The lowest BCUT2D eigenvalue weighted by Gasteiger charge is -1.92. The van der Waals surface area contributed by atoms with E-state index in [1.807, 2.05) is 6.07 Å². The Bertz CT molecular complexity index is 543. The largest absolute Gasteiger partial charge is 0.430 e. The molecule has 4 N–H and O–H groups in total. The van der Waals surface area contributed by atoms with E-state index in [4.69, 9.17) is 15.9 Å². The van der Waals surface area contributed by atoms with Crippen molar-refractivity contribution in [2.45, 2.75) is 0 Å². The first-order valence-corrected chi connectivity index (χ1v) is 4.75. The summed E-state index contributed by atoms with van der Waals surface area (Å²) >= 11 is 0. The Morgan fingerprint density at radius 3 is 2.18 bits per heavy atom. The second kappa shape index (κ2) is 4.09. The number of benzene rings is 1.